The van der Waals surface area contributed by atoms with Gasteiger partial charge in [-0.25, -0.2) is 0 Å². The molecule has 8 heteroatoms. The number of esters is 1. The van der Waals surface area contributed by atoms with Gasteiger partial charge >= 0.3 is 5.97 Å². The summed E-state index contributed by atoms with van der Waals surface area (Å²) in [5.41, 5.74) is -0.101. The van der Waals surface area contributed by atoms with Crippen LogP contribution >= 0.6 is 0 Å². The third-order valence-corrected chi connectivity index (χ3v) is 3.61. The van der Waals surface area contributed by atoms with Crippen molar-refractivity contribution < 1.29 is 23.1 Å². The Labute approximate surface area is 122 Å². The van der Waals surface area contributed by atoms with E-state index in [9.17, 15) is 19.1 Å². The minimum absolute atomic E-state index is 0.101. The minimum Gasteiger partial charge on any atom is -0.468 e. The zero-order chi connectivity index (χ0) is 15.2. The van der Waals surface area contributed by atoms with E-state index in [1.807, 2.05) is 0 Å². The number of furan rings is 1. The van der Waals surface area contributed by atoms with Gasteiger partial charge in [-0.2, -0.15) is 0 Å². The predicted octanol–water partition coefficient (Wildman–Crippen LogP) is 2.04. The van der Waals surface area contributed by atoms with Crippen LogP contribution in [-0.4, -0.2) is 20.9 Å². The van der Waals surface area contributed by atoms with Crippen LogP contribution in [0.15, 0.2) is 47.1 Å². The lowest BCUT2D eigenvalue weighted by atomic mass is 10.3. The molecule has 21 heavy (non-hydrogen) atoms. The van der Waals surface area contributed by atoms with Gasteiger partial charge in [0.05, 0.1) is 16.9 Å². The summed E-state index contributed by atoms with van der Waals surface area (Å²) in [6, 6.07) is 8.41. The van der Waals surface area contributed by atoms with Crippen LogP contribution in [0.2, 0.25) is 0 Å². The molecule has 0 aliphatic heterocycles. The molecule has 0 spiro atoms. The summed E-state index contributed by atoms with van der Waals surface area (Å²) in [6.07, 6.45) is 1.46. The molecule has 0 radical (unpaired) electrons. The van der Waals surface area contributed by atoms with Gasteiger partial charge in [-0.05, 0) is 24.3 Å². The third-order valence-electron chi connectivity index (χ3n) is 2.44. The first-order valence-electron chi connectivity index (χ1n) is 5.87. The first-order chi connectivity index (χ1) is 10.0. The normalized spacial score (nSPS) is 11.8. The number of ether oxygens (including phenoxy) is 1. The molecule has 0 bridgehead atoms. The number of carbonyl (C=O) groups excluding carboxylic acids is 1. The Kier molecular flexibility index (Phi) is 4.83. The molecule has 1 heterocycles. The number of benzene rings is 1. The summed E-state index contributed by atoms with van der Waals surface area (Å²) >= 11 is 0. The molecule has 7 nitrogen and oxygen atoms in total. The number of hydrogen-bond donors (Lipinski definition) is 0. The molecule has 0 saturated heterocycles. The molecule has 1 unspecified atom stereocenters. The Hall–Kier alpha value is -2.48. The maximum Gasteiger partial charge on any atom is 0.323 e. The summed E-state index contributed by atoms with van der Waals surface area (Å²) in [7, 11) is -1.44. The van der Waals surface area contributed by atoms with Crippen LogP contribution < -0.4 is 4.74 Å². The van der Waals surface area contributed by atoms with Gasteiger partial charge in [-0.3, -0.25) is 19.1 Å². The van der Waals surface area contributed by atoms with Gasteiger partial charge in [0.1, 0.15) is 17.3 Å². The van der Waals surface area contributed by atoms with E-state index in [1.54, 1.807) is 12.1 Å². The minimum atomic E-state index is -1.44. The maximum atomic E-state index is 11.7. The van der Waals surface area contributed by atoms with Gasteiger partial charge in [0.2, 0.25) is 0 Å². The Balaban J connectivity index is 1.86. The van der Waals surface area contributed by atoms with E-state index >= 15 is 0 Å². The first-order valence-corrected chi connectivity index (χ1v) is 7.36. The molecule has 0 amide bonds. The van der Waals surface area contributed by atoms with Crippen molar-refractivity contribution in [1.82, 2.24) is 0 Å². The largest absolute Gasteiger partial charge is 0.468 e. The van der Waals surface area contributed by atoms with Crippen LogP contribution in [0.4, 0.5) is 5.69 Å². The van der Waals surface area contributed by atoms with Gasteiger partial charge in [-0.1, -0.05) is 0 Å². The first kappa shape index (κ1) is 14.9. The standard InChI is InChI=1S/C13H11NO6S/c15-13(9-21(18)8-12-2-1-7-19-12)20-11-5-3-10(4-6-11)14(16)17/h1-7H,8-9H2. The van der Waals surface area contributed by atoms with E-state index in [4.69, 9.17) is 9.15 Å². The monoisotopic (exact) mass is 309 g/mol. The fourth-order valence-corrected chi connectivity index (χ4v) is 2.44. The lowest BCUT2D eigenvalue weighted by molar-refractivity contribution is -0.384. The quantitative estimate of drug-likeness (QED) is 0.350. The van der Waals surface area contributed by atoms with E-state index in [0.29, 0.717) is 5.76 Å². The molecule has 1 aromatic heterocycles. The molecule has 2 aromatic rings. The molecule has 0 fully saturated rings. The average molecular weight is 309 g/mol. The van der Waals surface area contributed by atoms with Crippen molar-refractivity contribution in [2.24, 2.45) is 0 Å². The van der Waals surface area contributed by atoms with Crippen LogP contribution in [0, 0.1) is 10.1 Å². The summed E-state index contributed by atoms with van der Waals surface area (Å²) in [5, 5.41) is 10.5. The van der Waals surface area contributed by atoms with Crippen molar-refractivity contribution in [2.45, 2.75) is 5.75 Å². The Morgan fingerprint density at radius 3 is 2.57 bits per heavy atom. The Morgan fingerprint density at radius 2 is 2.00 bits per heavy atom. The van der Waals surface area contributed by atoms with E-state index in [0.717, 1.165) is 0 Å². The van der Waals surface area contributed by atoms with Crippen LogP contribution in [0.25, 0.3) is 0 Å². The van der Waals surface area contributed by atoms with Crippen molar-refractivity contribution >= 4 is 22.5 Å². The number of non-ortho nitro benzene ring substituents is 1. The van der Waals surface area contributed by atoms with Crippen molar-refractivity contribution in [3.8, 4) is 5.75 Å². The number of nitro benzene ring substituents is 1. The highest BCUT2D eigenvalue weighted by Gasteiger charge is 2.13. The lowest BCUT2D eigenvalue weighted by Gasteiger charge is -2.03. The van der Waals surface area contributed by atoms with Gasteiger partial charge in [0, 0.05) is 22.9 Å². The van der Waals surface area contributed by atoms with Crippen molar-refractivity contribution in [3.05, 3.63) is 58.5 Å². The summed E-state index contributed by atoms with van der Waals surface area (Å²) < 4.78 is 21.7. The molecular weight excluding hydrogens is 298 g/mol. The highest BCUT2D eigenvalue weighted by molar-refractivity contribution is 7.84. The average Bonchev–Trinajstić information content (AvgIpc) is 2.91. The van der Waals surface area contributed by atoms with Crippen LogP contribution in [-0.2, 0) is 21.3 Å². The van der Waals surface area contributed by atoms with Crippen molar-refractivity contribution in [2.75, 3.05) is 5.75 Å². The van der Waals surface area contributed by atoms with Gasteiger partial charge in [-0.15, -0.1) is 0 Å². The van der Waals surface area contributed by atoms with E-state index in [2.05, 4.69) is 0 Å². The molecule has 110 valence electrons. The molecule has 1 atom stereocenters. The van der Waals surface area contributed by atoms with E-state index in [1.165, 1.54) is 30.5 Å². The summed E-state index contributed by atoms with van der Waals surface area (Å²) in [4.78, 5) is 21.5. The number of nitro groups is 1. The number of carbonyl (C=O) groups is 1. The fourth-order valence-electron chi connectivity index (χ4n) is 1.53. The zero-order valence-electron chi connectivity index (χ0n) is 10.8. The smallest absolute Gasteiger partial charge is 0.323 e. The Bertz CT molecular complexity index is 650. The molecule has 0 saturated carbocycles. The van der Waals surface area contributed by atoms with Crippen LogP contribution in [0.1, 0.15) is 5.76 Å². The van der Waals surface area contributed by atoms with Gasteiger partial charge in [0.15, 0.2) is 0 Å². The highest BCUT2D eigenvalue weighted by Crippen LogP contribution is 2.17. The second-order valence-corrected chi connectivity index (χ2v) is 5.49. The van der Waals surface area contributed by atoms with Crippen LogP contribution in [0.5, 0.6) is 5.75 Å². The molecule has 1 aromatic carbocycles. The zero-order valence-corrected chi connectivity index (χ0v) is 11.6. The number of hydrogen-bond acceptors (Lipinski definition) is 6. The number of rotatable bonds is 6. The third kappa shape index (κ3) is 4.53. The second-order valence-electron chi connectivity index (χ2n) is 4.03. The van der Waals surface area contributed by atoms with E-state index < -0.39 is 21.7 Å². The maximum absolute atomic E-state index is 11.7. The lowest BCUT2D eigenvalue weighted by Crippen LogP contribution is -2.17. The number of nitrogens with zero attached hydrogens (tertiary/aromatic N) is 1. The molecule has 0 N–H and O–H groups in total. The SMILES string of the molecule is O=C(CS(=O)Cc1ccco1)Oc1ccc([N+](=O)[O-])cc1. The topological polar surface area (TPSA) is 99.7 Å². The molecule has 2 rings (SSSR count). The fraction of sp³-hybridized carbons (Fsp3) is 0.154. The molecule has 0 aliphatic carbocycles. The molecular formula is C13H11NO6S. The van der Waals surface area contributed by atoms with Gasteiger partial charge < -0.3 is 9.15 Å². The van der Waals surface area contributed by atoms with E-state index in [-0.39, 0.29) is 22.9 Å². The van der Waals surface area contributed by atoms with Crippen molar-refractivity contribution in [3.63, 3.8) is 0 Å². The summed E-state index contributed by atoms with van der Waals surface area (Å²) in [5.74, 6) is -0.133. The predicted molar refractivity (Wildman–Crippen MR) is 74.2 cm³/mol. The molecule has 0 aliphatic rings. The summed E-state index contributed by atoms with van der Waals surface area (Å²) in [6.45, 7) is 0. The van der Waals surface area contributed by atoms with Crippen molar-refractivity contribution in [1.29, 1.82) is 0 Å². The van der Waals surface area contributed by atoms with Crippen LogP contribution in [0.3, 0.4) is 0 Å². The Morgan fingerprint density at radius 1 is 1.29 bits per heavy atom. The second kappa shape index (κ2) is 6.80. The highest BCUT2D eigenvalue weighted by atomic mass is 32.2. The van der Waals surface area contributed by atoms with Gasteiger partial charge in [0.25, 0.3) is 5.69 Å².